The molecule has 3 aromatic carbocycles. The summed E-state index contributed by atoms with van der Waals surface area (Å²) in [7, 11) is 0. The van der Waals surface area contributed by atoms with E-state index in [4.69, 9.17) is 23.2 Å². The first-order valence-electron chi connectivity index (χ1n) is 8.08. The molecular weight excluding hydrogens is 385 g/mol. The topological polar surface area (TPSA) is 64.8 Å². The predicted molar refractivity (Wildman–Crippen MR) is 102 cm³/mol. The number of benzene rings is 3. The maximum Gasteiger partial charge on any atom is 0.196 e. The highest BCUT2D eigenvalue weighted by Gasteiger charge is 2.32. The van der Waals surface area contributed by atoms with Crippen molar-refractivity contribution in [2.45, 2.75) is 0 Å². The Morgan fingerprint density at radius 2 is 1.44 bits per heavy atom. The highest BCUT2D eigenvalue weighted by molar-refractivity contribution is 6.42. The van der Waals surface area contributed by atoms with E-state index in [2.05, 4.69) is 10.3 Å². The van der Waals surface area contributed by atoms with Crippen molar-refractivity contribution >= 4 is 45.8 Å². The molecule has 7 heteroatoms. The number of halogens is 2. The number of nitrogens with zero attached hydrogens (tertiary/aromatic N) is 3. The number of hydrogen-bond donors (Lipinski definition) is 0. The maximum atomic E-state index is 13.2. The van der Waals surface area contributed by atoms with Gasteiger partial charge in [0.05, 0.1) is 26.8 Å². The third-order valence-electron chi connectivity index (χ3n) is 4.65. The summed E-state index contributed by atoms with van der Waals surface area (Å²) in [5.41, 5.74) is 3.05. The number of fused-ring (bicyclic) bond motifs is 3. The Bertz CT molecular complexity index is 1290. The van der Waals surface area contributed by atoms with Crippen LogP contribution in [-0.2, 0) is 0 Å². The average Bonchev–Trinajstić information content (AvgIpc) is 3.08. The van der Waals surface area contributed by atoms with Gasteiger partial charge in [-0.05, 0) is 18.2 Å². The van der Waals surface area contributed by atoms with Crippen LogP contribution >= 0.6 is 23.2 Å². The molecule has 1 aliphatic rings. The fourth-order valence-corrected chi connectivity index (χ4v) is 3.71. The minimum absolute atomic E-state index is 0.187. The molecule has 0 aliphatic heterocycles. The number of ketones is 2. The van der Waals surface area contributed by atoms with Gasteiger partial charge < -0.3 is 0 Å². The van der Waals surface area contributed by atoms with Crippen LogP contribution in [0.2, 0.25) is 10.0 Å². The number of carbonyl (C=O) groups is 2. The van der Waals surface area contributed by atoms with Crippen molar-refractivity contribution in [3.05, 3.63) is 86.9 Å². The lowest BCUT2D eigenvalue weighted by Crippen LogP contribution is -2.23. The summed E-state index contributed by atoms with van der Waals surface area (Å²) in [5, 5.41) is 8.98. The Hall–Kier alpha value is -3.02. The van der Waals surface area contributed by atoms with Gasteiger partial charge in [0.15, 0.2) is 11.6 Å². The van der Waals surface area contributed by atoms with Crippen molar-refractivity contribution in [3.63, 3.8) is 0 Å². The van der Waals surface area contributed by atoms with Crippen molar-refractivity contribution in [1.82, 2.24) is 15.0 Å². The molecule has 4 aromatic rings. The monoisotopic (exact) mass is 393 g/mol. The Kier molecular flexibility index (Phi) is 3.44. The number of rotatable bonds is 1. The van der Waals surface area contributed by atoms with Crippen LogP contribution in [0.15, 0.2) is 54.6 Å². The smallest absolute Gasteiger partial charge is 0.196 e. The van der Waals surface area contributed by atoms with E-state index in [1.807, 2.05) is 0 Å². The molecule has 1 aliphatic carbocycles. The molecule has 0 spiro atoms. The summed E-state index contributed by atoms with van der Waals surface area (Å²) in [5.74, 6) is -0.410. The second-order valence-corrected chi connectivity index (χ2v) is 6.97. The highest BCUT2D eigenvalue weighted by Crippen LogP contribution is 2.33. The van der Waals surface area contributed by atoms with Gasteiger partial charge in [0.2, 0.25) is 0 Å². The van der Waals surface area contributed by atoms with E-state index in [9.17, 15) is 9.59 Å². The van der Waals surface area contributed by atoms with Gasteiger partial charge >= 0.3 is 0 Å². The molecule has 0 amide bonds. The van der Waals surface area contributed by atoms with Crippen LogP contribution in [-0.4, -0.2) is 26.6 Å². The molecule has 0 N–H and O–H groups in total. The maximum absolute atomic E-state index is 13.2. The fourth-order valence-electron chi connectivity index (χ4n) is 3.40. The molecule has 0 saturated carbocycles. The number of aromatic nitrogens is 3. The molecule has 27 heavy (non-hydrogen) atoms. The van der Waals surface area contributed by atoms with E-state index in [1.165, 1.54) is 4.68 Å². The second kappa shape index (κ2) is 5.74. The van der Waals surface area contributed by atoms with Crippen LogP contribution in [0.1, 0.15) is 31.8 Å². The highest BCUT2D eigenvalue weighted by atomic mass is 35.5. The van der Waals surface area contributed by atoms with Crippen molar-refractivity contribution in [2.75, 3.05) is 0 Å². The molecule has 0 saturated heterocycles. The third-order valence-corrected chi connectivity index (χ3v) is 5.37. The molecule has 0 bridgehead atoms. The Morgan fingerprint density at radius 3 is 2.22 bits per heavy atom. The number of hydrogen-bond acceptors (Lipinski definition) is 4. The van der Waals surface area contributed by atoms with Crippen molar-refractivity contribution < 1.29 is 9.59 Å². The van der Waals surface area contributed by atoms with Gasteiger partial charge in [-0.3, -0.25) is 9.59 Å². The Balaban J connectivity index is 1.81. The Labute approximate surface area is 163 Å². The summed E-state index contributed by atoms with van der Waals surface area (Å²) in [6, 6.07) is 15.2. The molecule has 0 unspecified atom stereocenters. The molecule has 5 rings (SSSR count). The SMILES string of the molecule is O=C1c2ccccc2C(=O)c2c1cccc2-n1nnc2cc(Cl)c(Cl)cc21. The molecule has 0 atom stereocenters. The first-order valence-corrected chi connectivity index (χ1v) is 8.84. The second-order valence-electron chi connectivity index (χ2n) is 6.16. The lowest BCUT2D eigenvalue weighted by atomic mass is 9.83. The molecule has 130 valence electrons. The molecule has 1 heterocycles. The van der Waals surface area contributed by atoms with Gasteiger partial charge in [0, 0.05) is 16.7 Å². The number of carbonyl (C=O) groups excluding carboxylic acids is 2. The van der Waals surface area contributed by atoms with Gasteiger partial charge in [-0.25, -0.2) is 4.68 Å². The van der Waals surface area contributed by atoms with Gasteiger partial charge in [-0.15, -0.1) is 5.10 Å². The molecular formula is C20H9Cl2N3O2. The summed E-state index contributed by atoms with van der Waals surface area (Å²) in [4.78, 5) is 26.1. The molecule has 5 nitrogen and oxygen atoms in total. The average molecular weight is 394 g/mol. The quantitative estimate of drug-likeness (QED) is 0.420. The zero-order valence-corrected chi connectivity index (χ0v) is 15.1. The molecule has 1 aromatic heterocycles. The van der Waals surface area contributed by atoms with E-state index in [0.29, 0.717) is 49.0 Å². The third kappa shape index (κ3) is 2.25. The summed E-state index contributed by atoms with van der Waals surface area (Å²) in [6.07, 6.45) is 0. The van der Waals surface area contributed by atoms with Gasteiger partial charge in [0.1, 0.15) is 5.52 Å². The lowest BCUT2D eigenvalue weighted by molar-refractivity contribution is 0.0979. The minimum atomic E-state index is -0.223. The van der Waals surface area contributed by atoms with E-state index >= 15 is 0 Å². The van der Waals surface area contributed by atoms with Crippen molar-refractivity contribution in [1.29, 1.82) is 0 Å². The normalized spacial score (nSPS) is 13.0. The minimum Gasteiger partial charge on any atom is -0.289 e. The van der Waals surface area contributed by atoms with Crippen LogP contribution in [0.25, 0.3) is 16.7 Å². The standard InChI is InChI=1S/C20H9Cl2N3O2/c21-13-8-15-17(9-14(13)22)25(24-23-15)16-7-3-6-12-18(16)20(27)11-5-2-1-4-10(11)19(12)26/h1-9H. The van der Waals surface area contributed by atoms with E-state index < -0.39 is 0 Å². The van der Waals surface area contributed by atoms with Crippen molar-refractivity contribution in [3.8, 4) is 5.69 Å². The van der Waals surface area contributed by atoms with E-state index in [1.54, 1.807) is 54.6 Å². The van der Waals surface area contributed by atoms with Gasteiger partial charge in [-0.1, -0.05) is 64.8 Å². The summed E-state index contributed by atoms with van der Waals surface area (Å²) >= 11 is 12.2. The van der Waals surface area contributed by atoms with Crippen LogP contribution in [0.4, 0.5) is 0 Å². The zero-order chi connectivity index (χ0) is 18.7. The van der Waals surface area contributed by atoms with Crippen LogP contribution < -0.4 is 0 Å². The van der Waals surface area contributed by atoms with Crippen LogP contribution in [0, 0.1) is 0 Å². The first-order chi connectivity index (χ1) is 13.1. The predicted octanol–water partition coefficient (Wildman–Crippen LogP) is 4.50. The fraction of sp³-hybridized carbons (Fsp3) is 0. The molecule has 0 radical (unpaired) electrons. The first kappa shape index (κ1) is 16.2. The van der Waals surface area contributed by atoms with E-state index in [-0.39, 0.29) is 11.6 Å². The zero-order valence-electron chi connectivity index (χ0n) is 13.6. The summed E-state index contributed by atoms with van der Waals surface area (Å²) in [6.45, 7) is 0. The largest absolute Gasteiger partial charge is 0.289 e. The van der Waals surface area contributed by atoms with Crippen LogP contribution in [0.3, 0.4) is 0 Å². The van der Waals surface area contributed by atoms with Gasteiger partial charge in [-0.2, -0.15) is 0 Å². The van der Waals surface area contributed by atoms with Gasteiger partial charge in [0.25, 0.3) is 0 Å². The summed E-state index contributed by atoms with van der Waals surface area (Å²) < 4.78 is 1.51. The van der Waals surface area contributed by atoms with E-state index in [0.717, 1.165) is 0 Å². The Morgan fingerprint density at radius 1 is 0.778 bits per heavy atom. The molecule has 0 fully saturated rings. The van der Waals surface area contributed by atoms with Crippen LogP contribution in [0.5, 0.6) is 0 Å². The van der Waals surface area contributed by atoms with Crippen molar-refractivity contribution in [2.24, 2.45) is 0 Å². The lowest BCUT2D eigenvalue weighted by Gasteiger charge is -2.20.